The van der Waals surface area contributed by atoms with Gasteiger partial charge in [-0.05, 0) is 18.4 Å². The van der Waals surface area contributed by atoms with E-state index in [1.165, 1.54) is 12.1 Å². The molecule has 0 fully saturated rings. The van der Waals surface area contributed by atoms with Crippen LogP contribution in [0.4, 0.5) is 5.69 Å². The zero-order valence-electron chi connectivity index (χ0n) is 13.9. The van der Waals surface area contributed by atoms with Crippen LogP contribution in [0.2, 0.25) is 0 Å². The Kier molecular flexibility index (Phi) is 9.38. The van der Waals surface area contributed by atoms with Gasteiger partial charge in [0.15, 0.2) is 5.96 Å². The molecule has 0 saturated carbocycles. The molecule has 128 valence electrons. The van der Waals surface area contributed by atoms with E-state index in [0.29, 0.717) is 13.2 Å². The van der Waals surface area contributed by atoms with Crippen LogP contribution in [0.1, 0.15) is 31.7 Å². The van der Waals surface area contributed by atoms with E-state index in [1.807, 2.05) is 0 Å². The molecule has 2 N–H and O–H groups in total. The first-order valence-electron chi connectivity index (χ1n) is 7.91. The lowest BCUT2D eigenvalue weighted by molar-refractivity contribution is -0.384. The van der Waals surface area contributed by atoms with E-state index >= 15 is 0 Å². The highest BCUT2D eigenvalue weighted by Gasteiger charge is 2.04. The van der Waals surface area contributed by atoms with Gasteiger partial charge in [-0.25, -0.2) is 4.99 Å². The van der Waals surface area contributed by atoms with Gasteiger partial charge in [-0.2, -0.15) is 0 Å². The van der Waals surface area contributed by atoms with Crippen LogP contribution in [0.3, 0.4) is 0 Å². The number of hydrogen-bond acceptors (Lipinski definition) is 4. The number of nitrogens with one attached hydrogen (secondary N) is 2. The lowest BCUT2D eigenvalue weighted by atomic mass is 10.2. The van der Waals surface area contributed by atoms with Crippen molar-refractivity contribution < 1.29 is 9.66 Å². The van der Waals surface area contributed by atoms with Crippen LogP contribution < -0.4 is 10.6 Å². The standard InChI is InChI=1S/C16H26N4O3/c1-3-4-10-17-16(18-11-5-12-23-2)19-13-14-6-8-15(9-7-14)20(21)22/h6-9H,3-5,10-13H2,1-2H3,(H2,17,18,19). The number of nitro benzene ring substituents is 1. The zero-order valence-corrected chi connectivity index (χ0v) is 13.9. The molecule has 0 aromatic heterocycles. The molecular weight excluding hydrogens is 296 g/mol. The third-order valence-corrected chi connectivity index (χ3v) is 3.21. The maximum absolute atomic E-state index is 10.6. The number of unbranched alkanes of at least 4 members (excludes halogenated alkanes) is 1. The van der Waals surface area contributed by atoms with Crippen LogP contribution in [0, 0.1) is 10.1 Å². The Labute approximate surface area is 137 Å². The first-order chi connectivity index (χ1) is 11.2. The normalized spacial score (nSPS) is 11.3. The summed E-state index contributed by atoms with van der Waals surface area (Å²) >= 11 is 0. The minimum absolute atomic E-state index is 0.0942. The van der Waals surface area contributed by atoms with E-state index in [-0.39, 0.29) is 5.69 Å². The molecule has 0 heterocycles. The molecule has 0 bridgehead atoms. The van der Waals surface area contributed by atoms with Crippen molar-refractivity contribution in [2.24, 2.45) is 4.99 Å². The molecule has 0 unspecified atom stereocenters. The summed E-state index contributed by atoms with van der Waals surface area (Å²) < 4.78 is 5.03. The van der Waals surface area contributed by atoms with Crippen molar-refractivity contribution >= 4 is 11.6 Å². The van der Waals surface area contributed by atoms with Crippen LogP contribution in [0.5, 0.6) is 0 Å². The molecule has 0 atom stereocenters. The van der Waals surface area contributed by atoms with E-state index in [0.717, 1.165) is 43.9 Å². The summed E-state index contributed by atoms with van der Waals surface area (Å²) in [5, 5.41) is 17.2. The molecule has 23 heavy (non-hydrogen) atoms. The van der Waals surface area contributed by atoms with Gasteiger partial charge in [-0.1, -0.05) is 25.5 Å². The van der Waals surface area contributed by atoms with Crippen LogP contribution in [0.25, 0.3) is 0 Å². The van der Waals surface area contributed by atoms with Crippen molar-refractivity contribution in [3.8, 4) is 0 Å². The van der Waals surface area contributed by atoms with Gasteiger partial charge in [-0.15, -0.1) is 0 Å². The summed E-state index contributed by atoms with van der Waals surface area (Å²) in [6, 6.07) is 6.47. The van der Waals surface area contributed by atoms with Crippen molar-refractivity contribution in [1.82, 2.24) is 10.6 Å². The number of nitro groups is 1. The molecule has 0 radical (unpaired) electrons. The van der Waals surface area contributed by atoms with E-state index < -0.39 is 4.92 Å². The molecule has 0 aliphatic heterocycles. The third-order valence-electron chi connectivity index (χ3n) is 3.21. The molecule has 7 nitrogen and oxygen atoms in total. The van der Waals surface area contributed by atoms with Gasteiger partial charge in [0.05, 0.1) is 11.5 Å². The Morgan fingerprint density at radius 1 is 1.22 bits per heavy atom. The highest BCUT2D eigenvalue weighted by atomic mass is 16.6. The number of hydrogen-bond donors (Lipinski definition) is 2. The van der Waals surface area contributed by atoms with Gasteiger partial charge in [0.1, 0.15) is 0 Å². The monoisotopic (exact) mass is 322 g/mol. The fourth-order valence-corrected chi connectivity index (χ4v) is 1.87. The summed E-state index contributed by atoms with van der Waals surface area (Å²) in [6.07, 6.45) is 3.10. The highest BCUT2D eigenvalue weighted by Crippen LogP contribution is 2.12. The van der Waals surface area contributed by atoms with Crippen molar-refractivity contribution in [2.45, 2.75) is 32.7 Å². The fraction of sp³-hybridized carbons (Fsp3) is 0.562. The first-order valence-corrected chi connectivity index (χ1v) is 7.91. The fourth-order valence-electron chi connectivity index (χ4n) is 1.87. The topological polar surface area (TPSA) is 88.8 Å². The number of methoxy groups -OCH3 is 1. The lowest BCUT2D eigenvalue weighted by Crippen LogP contribution is -2.38. The molecule has 1 aromatic rings. The summed E-state index contributed by atoms with van der Waals surface area (Å²) in [7, 11) is 1.68. The smallest absolute Gasteiger partial charge is 0.269 e. The summed E-state index contributed by atoms with van der Waals surface area (Å²) in [6.45, 7) is 4.97. The van der Waals surface area contributed by atoms with Crippen molar-refractivity contribution in [3.05, 3.63) is 39.9 Å². The quantitative estimate of drug-likeness (QED) is 0.227. The van der Waals surface area contributed by atoms with E-state index in [1.54, 1.807) is 19.2 Å². The molecular formula is C16H26N4O3. The van der Waals surface area contributed by atoms with Crippen molar-refractivity contribution in [1.29, 1.82) is 0 Å². The Morgan fingerprint density at radius 2 is 1.87 bits per heavy atom. The third kappa shape index (κ3) is 8.15. The highest BCUT2D eigenvalue weighted by molar-refractivity contribution is 5.79. The number of nitrogens with zero attached hydrogens (tertiary/aromatic N) is 2. The maximum Gasteiger partial charge on any atom is 0.269 e. The van der Waals surface area contributed by atoms with Crippen LogP contribution in [-0.4, -0.2) is 37.7 Å². The van der Waals surface area contributed by atoms with E-state index in [9.17, 15) is 10.1 Å². The molecule has 0 aliphatic rings. The Hall–Kier alpha value is -2.15. The Balaban J connectivity index is 2.56. The van der Waals surface area contributed by atoms with Gasteiger partial charge >= 0.3 is 0 Å². The molecule has 0 saturated heterocycles. The summed E-state index contributed by atoms with van der Waals surface area (Å²) in [4.78, 5) is 14.8. The SMILES string of the molecule is CCCCNC(=NCc1ccc([N+](=O)[O-])cc1)NCCCOC. The van der Waals surface area contributed by atoms with Gasteiger partial charge in [0, 0.05) is 38.9 Å². The van der Waals surface area contributed by atoms with Crippen LogP contribution >= 0.6 is 0 Å². The second kappa shape index (κ2) is 11.4. The number of rotatable bonds is 10. The number of non-ortho nitro benzene ring substituents is 1. The Bertz CT molecular complexity index is 489. The minimum atomic E-state index is -0.401. The Morgan fingerprint density at radius 3 is 2.43 bits per heavy atom. The van der Waals surface area contributed by atoms with Gasteiger partial charge < -0.3 is 15.4 Å². The molecule has 1 rings (SSSR count). The lowest BCUT2D eigenvalue weighted by Gasteiger charge is -2.12. The molecule has 7 heteroatoms. The minimum Gasteiger partial charge on any atom is -0.385 e. The molecule has 1 aromatic carbocycles. The number of ether oxygens (including phenoxy) is 1. The zero-order chi connectivity index (χ0) is 16.9. The van der Waals surface area contributed by atoms with Gasteiger partial charge in [-0.3, -0.25) is 10.1 Å². The summed E-state index contributed by atoms with van der Waals surface area (Å²) in [5.41, 5.74) is 1.03. The second-order valence-corrected chi connectivity index (χ2v) is 5.14. The largest absolute Gasteiger partial charge is 0.385 e. The van der Waals surface area contributed by atoms with Gasteiger partial charge in [0.2, 0.25) is 0 Å². The van der Waals surface area contributed by atoms with Crippen LogP contribution in [0.15, 0.2) is 29.3 Å². The maximum atomic E-state index is 10.6. The first kappa shape index (κ1) is 18.9. The predicted molar refractivity (Wildman–Crippen MR) is 91.6 cm³/mol. The van der Waals surface area contributed by atoms with E-state index in [4.69, 9.17) is 4.74 Å². The molecule has 0 spiro atoms. The second-order valence-electron chi connectivity index (χ2n) is 5.14. The van der Waals surface area contributed by atoms with E-state index in [2.05, 4.69) is 22.5 Å². The van der Waals surface area contributed by atoms with Gasteiger partial charge in [0.25, 0.3) is 5.69 Å². The molecule has 0 amide bonds. The summed E-state index contributed by atoms with van der Waals surface area (Å²) in [5.74, 6) is 0.757. The van der Waals surface area contributed by atoms with Crippen LogP contribution in [-0.2, 0) is 11.3 Å². The van der Waals surface area contributed by atoms with Crippen molar-refractivity contribution in [3.63, 3.8) is 0 Å². The number of aliphatic imine (C=N–C) groups is 1. The number of benzene rings is 1. The average Bonchev–Trinajstić information content (AvgIpc) is 2.56. The molecule has 0 aliphatic carbocycles. The average molecular weight is 322 g/mol. The number of guanidine groups is 1. The van der Waals surface area contributed by atoms with Crippen molar-refractivity contribution in [2.75, 3.05) is 26.8 Å². The predicted octanol–water partition coefficient (Wildman–Crippen LogP) is 2.47.